The molecule has 0 aliphatic carbocycles. The van der Waals surface area contributed by atoms with Crippen LogP contribution >= 0.6 is 11.6 Å². The third-order valence-electron chi connectivity index (χ3n) is 2.94. The van der Waals surface area contributed by atoms with Gasteiger partial charge in [-0.15, -0.1) is 0 Å². The minimum Gasteiger partial charge on any atom is -0.386 e. The highest BCUT2D eigenvalue weighted by molar-refractivity contribution is 6.31. The van der Waals surface area contributed by atoms with E-state index in [1.807, 2.05) is 0 Å². The highest BCUT2D eigenvalue weighted by Gasteiger charge is 2.29. The fourth-order valence-corrected chi connectivity index (χ4v) is 2.27. The van der Waals surface area contributed by atoms with Crippen LogP contribution in [0.15, 0.2) is 12.1 Å². The van der Waals surface area contributed by atoms with Crippen LogP contribution < -0.4 is 0 Å². The Labute approximate surface area is 103 Å². The van der Waals surface area contributed by atoms with Gasteiger partial charge >= 0.3 is 0 Å². The Morgan fingerprint density at radius 3 is 2.76 bits per heavy atom. The molecule has 0 bridgehead atoms. The van der Waals surface area contributed by atoms with Crippen LogP contribution in [0, 0.1) is 11.6 Å². The molecule has 5 heteroatoms. The Bertz CT molecular complexity index is 406. The van der Waals surface area contributed by atoms with Crippen molar-refractivity contribution >= 4 is 11.6 Å². The second-order valence-electron chi connectivity index (χ2n) is 4.11. The standard InChI is InChI=1S/C12H13ClF2O2/c13-7-4-5-8(14)11(15)10(7)12(16)9-3-1-2-6-17-9/h4-5,9,12,16H,1-3,6H2. The molecule has 94 valence electrons. The minimum absolute atomic E-state index is 0.0190. The van der Waals surface area contributed by atoms with Crippen LogP contribution in [-0.2, 0) is 4.74 Å². The van der Waals surface area contributed by atoms with Gasteiger partial charge in [0.15, 0.2) is 11.6 Å². The van der Waals surface area contributed by atoms with E-state index in [2.05, 4.69) is 0 Å². The van der Waals surface area contributed by atoms with Gasteiger partial charge in [0.2, 0.25) is 0 Å². The van der Waals surface area contributed by atoms with Crippen molar-refractivity contribution in [2.45, 2.75) is 31.5 Å². The zero-order chi connectivity index (χ0) is 12.4. The van der Waals surface area contributed by atoms with Gasteiger partial charge in [0.05, 0.1) is 6.10 Å². The van der Waals surface area contributed by atoms with E-state index >= 15 is 0 Å². The summed E-state index contributed by atoms with van der Waals surface area (Å²) in [6.45, 7) is 0.524. The molecule has 2 unspecified atom stereocenters. The smallest absolute Gasteiger partial charge is 0.166 e. The summed E-state index contributed by atoms with van der Waals surface area (Å²) in [4.78, 5) is 0. The molecule has 2 nitrogen and oxygen atoms in total. The van der Waals surface area contributed by atoms with Crippen molar-refractivity contribution in [2.24, 2.45) is 0 Å². The first-order chi connectivity index (χ1) is 8.11. The quantitative estimate of drug-likeness (QED) is 0.830. The van der Waals surface area contributed by atoms with Gasteiger partial charge < -0.3 is 9.84 Å². The SMILES string of the molecule is OC(c1c(Cl)ccc(F)c1F)C1CCCCO1. The highest BCUT2D eigenvalue weighted by atomic mass is 35.5. The van der Waals surface area contributed by atoms with Crippen LogP contribution in [0.1, 0.15) is 30.9 Å². The van der Waals surface area contributed by atoms with Crippen LogP contribution in [0.25, 0.3) is 0 Å². The summed E-state index contributed by atoms with van der Waals surface area (Å²) >= 11 is 5.79. The van der Waals surface area contributed by atoms with Crippen molar-refractivity contribution < 1.29 is 18.6 Å². The summed E-state index contributed by atoms with van der Waals surface area (Å²) in [6.07, 6.45) is 0.697. The number of aliphatic hydroxyl groups is 1. The van der Waals surface area contributed by atoms with Crippen molar-refractivity contribution in [3.05, 3.63) is 34.4 Å². The third kappa shape index (κ3) is 2.59. The summed E-state index contributed by atoms with van der Waals surface area (Å²) in [6, 6.07) is 2.18. The largest absolute Gasteiger partial charge is 0.386 e. The Morgan fingerprint density at radius 2 is 2.12 bits per heavy atom. The molecular weight excluding hydrogens is 250 g/mol. The summed E-state index contributed by atoms with van der Waals surface area (Å²) in [5.74, 6) is -2.11. The van der Waals surface area contributed by atoms with E-state index in [0.717, 1.165) is 18.9 Å². The van der Waals surface area contributed by atoms with Crippen molar-refractivity contribution in [1.82, 2.24) is 0 Å². The summed E-state index contributed by atoms with van der Waals surface area (Å²) in [5, 5.41) is 10.0. The molecule has 0 aromatic heterocycles. The van der Waals surface area contributed by atoms with E-state index in [9.17, 15) is 13.9 Å². The molecule has 1 aliphatic rings. The molecule has 1 aromatic carbocycles. The van der Waals surface area contributed by atoms with Crippen LogP contribution in [-0.4, -0.2) is 17.8 Å². The topological polar surface area (TPSA) is 29.5 Å². The van der Waals surface area contributed by atoms with E-state index in [4.69, 9.17) is 16.3 Å². The summed E-state index contributed by atoms with van der Waals surface area (Å²) < 4.78 is 32.0. The predicted octanol–water partition coefficient (Wildman–Crippen LogP) is 3.22. The van der Waals surface area contributed by atoms with E-state index < -0.39 is 23.8 Å². The van der Waals surface area contributed by atoms with E-state index in [0.29, 0.717) is 13.0 Å². The fourth-order valence-electron chi connectivity index (χ4n) is 2.01. The normalized spacial score (nSPS) is 22.5. The molecule has 2 atom stereocenters. The molecule has 1 aliphatic heterocycles. The Kier molecular flexibility index (Phi) is 3.97. The Balaban J connectivity index is 2.29. The first-order valence-corrected chi connectivity index (χ1v) is 5.92. The summed E-state index contributed by atoms with van der Waals surface area (Å²) in [5.41, 5.74) is -0.210. The molecule has 1 aromatic rings. The van der Waals surface area contributed by atoms with E-state index in [-0.39, 0.29) is 10.6 Å². The highest BCUT2D eigenvalue weighted by Crippen LogP contribution is 2.33. The Morgan fingerprint density at radius 1 is 1.35 bits per heavy atom. The van der Waals surface area contributed by atoms with E-state index in [1.54, 1.807) is 0 Å². The predicted molar refractivity (Wildman–Crippen MR) is 59.9 cm³/mol. The van der Waals surface area contributed by atoms with Crippen LogP contribution in [0.5, 0.6) is 0 Å². The molecule has 0 saturated carbocycles. The van der Waals surface area contributed by atoms with E-state index in [1.165, 1.54) is 6.07 Å². The number of hydrogen-bond acceptors (Lipinski definition) is 2. The van der Waals surface area contributed by atoms with Crippen LogP contribution in [0.3, 0.4) is 0 Å². The molecule has 0 spiro atoms. The number of rotatable bonds is 2. The number of benzene rings is 1. The maximum absolute atomic E-state index is 13.6. The van der Waals surface area contributed by atoms with Crippen molar-refractivity contribution in [3.8, 4) is 0 Å². The van der Waals surface area contributed by atoms with Gasteiger partial charge in [-0.25, -0.2) is 8.78 Å². The van der Waals surface area contributed by atoms with Crippen molar-refractivity contribution in [2.75, 3.05) is 6.61 Å². The monoisotopic (exact) mass is 262 g/mol. The molecule has 1 N–H and O–H groups in total. The maximum Gasteiger partial charge on any atom is 0.166 e. The number of hydrogen-bond donors (Lipinski definition) is 1. The first-order valence-electron chi connectivity index (χ1n) is 5.54. The number of halogens is 3. The number of aliphatic hydroxyl groups excluding tert-OH is 1. The molecule has 2 rings (SSSR count). The van der Waals surface area contributed by atoms with Gasteiger partial charge in [-0.05, 0) is 31.4 Å². The molecular formula is C12H13ClF2O2. The second-order valence-corrected chi connectivity index (χ2v) is 4.51. The minimum atomic E-state index is -1.22. The van der Waals surface area contributed by atoms with Crippen LogP contribution in [0.4, 0.5) is 8.78 Å². The van der Waals surface area contributed by atoms with Gasteiger partial charge in [0.25, 0.3) is 0 Å². The molecule has 17 heavy (non-hydrogen) atoms. The zero-order valence-electron chi connectivity index (χ0n) is 9.13. The maximum atomic E-state index is 13.6. The molecule has 0 amide bonds. The van der Waals surface area contributed by atoms with Gasteiger partial charge in [-0.2, -0.15) is 0 Å². The second kappa shape index (κ2) is 5.29. The lowest BCUT2D eigenvalue weighted by atomic mass is 9.97. The van der Waals surface area contributed by atoms with Gasteiger partial charge in [-0.1, -0.05) is 11.6 Å². The average Bonchev–Trinajstić information content (AvgIpc) is 2.35. The molecule has 1 fully saturated rings. The lowest BCUT2D eigenvalue weighted by Gasteiger charge is -2.28. The van der Waals surface area contributed by atoms with Crippen LogP contribution in [0.2, 0.25) is 5.02 Å². The third-order valence-corrected chi connectivity index (χ3v) is 3.27. The lowest BCUT2D eigenvalue weighted by molar-refractivity contribution is -0.0645. The zero-order valence-corrected chi connectivity index (χ0v) is 9.88. The van der Waals surface area contributed by atoms with Gasteiger partial charge in [0.1, 0.15) is 6.10 Å². The first kappa shape index (κ1) is 12.7. The lowest BCUT2D eigenvalue weighted by Crippen LogP contribution is -2.27. The molecule has 1 saturated heterocycles. The molecule has 0 radical (unpaired) electrons. The van der Waals surface area contributed by atoms with Crippen molar-refractivity contribution in [1.29, 1.82) is 0 Å². The van der Waals surface area contributed by atoms with Gasteiger partial charge in [0, 0.05) is 17.2 Å². The average molecular weight is 263 g/mol. The van der Waals surface area contributed by atoms with Crippen molar-refractivity contribution in [3.63, 3.8) is 0 Å². The van der Waals surface area contributed by atoms with Gasteiger partial charge in [-0.3, -0.25) is 0 Å². The summed E-state index contributed by atoms with van der Waals surface area (Å²) in [7, 11) is 0. The number of ether oxygens (including phenoxy) is 1. The Hall–Kier alpha value is -0.710. The fraction of sp³-hybridized carbons (Fsp3) is 0.500. The molecule has 1 heterocycles.